The highest BCUT2D eigenvalue weighted by Gasteiger charge is 2.35. The molecule has 4 aromatic rings. The van der Waals surface area contributed by atoms with E-state index in [1.807, 2.05) is 82.3 Å². The van der Waals surface area contributed by atoms with Crippen molar-refractivity contribution in [3.05, 3.63) is 125 Å². The summed E-state index contributed by atoms with van der Waals surface area (Å²) < 4.78 is 35.6. The number of aryl methyl sites for hydroxylation is 2. The first kappa shape index (κ1) is 34.2. The molecule has 0 aliphatic carbocycles. The molecule has 0 aliphatic heterocycles. The molecule has 1 atom stereocenters. The fourth-order valence-electron chi connectivity index (χ4n) is 5.22. The summed E-state index contributed by atoms with van der Waals surface area (Å²) in [6.45, 7) is 7.94. The number of carbonyl (C=O) groups excluding carboxylic acids is 2. The monoisotopic (exact) mass is 641 g/mol. The van der Waals surface area contributed by atoms with E-state index in [0.29, 0.717) is 18.9 Å². The molecule has 4 rings (SSSR count). The number of amides is 2. The summed E-state index contributed by atoms with van der Waals surface area (Å²) in [5.74, 6) is -0.481. The highest BCUT2D eigenvalue weighted by molar-refractivity contribution is 7.92. The number of nitrogens with zero attached hydrogens (tertiary/aromatic N) is 2. The molecular weight excluding hydrogens is 598 g/mol. The summed E-state index contributed by atoms with van der Waals surface area (Å²) >= 11 is 0. The summed E-state index contributed by atoms with van der Waals surface area (Å²) in [4.78, 5) is 30.0. The van der Waals surface area contributed by atoms with Crippen molar-refractivity contribution in [1.29, 1.82) is 0 Å². The van der Waals surface area contributed by atoms with Gasteiger partial charge in [-0.25, -0.2) is 8.42 Å². The zero-order valence-corrected chi connectivity index (χ0v) is 27.8. The minimum Gasteiger partial charge on any atom is -0.492 e. The molecule has 0 bridgehead atoms. The Balaban J connectivity index is 1.83. The molecule has 0 aromatic heterocycles. The summed E-state index contributed by atoms with van der Waals surface area (Å²) in [5, 5.41) is 2.97. The highest BCUT2D eigenvalue weighted by atomic mass is 32.2. The van der Waals surface area contributed by atoms with Gasteiger partial charge in [0.1, 0.15) is 18.3 Å². The van der Waals surface area contributed by atoms with Crippen LogP contribution in [-0.2, 0) is 32.6 Å². The maximum Gasteiger partial charge on any atom is 0.264 e. The lowest BCUT2D eigenvalue weighted by Crippen LogP contribution is -2.53. The van der Waals surface area contributed by atoms with Gasteiger partial charge >= 0.3 is 0 Å². The molecule has 0 fully saturated rings. The van der Waals surface area contributed by atoms with Crippen molar-refractivity contribution in [2.75, 3.05) is 24.0 Å². The first-order valence-corrected chi connectivity index (χ1v) is 17.1. The van der Waals surface area contributed by atoms with E-state index in [1.54, 1.807) is 36.4 Å². The maximum atomic E-state index is 14.6. The van der Waals surface area contributed by atoms with Crippen LogP contribution in [0.25, 0.3) is 0 Å². The Morgan fingerprint density at radius 2 is 1.48 bits per heavy atom. The summed E-state index contributed by atoms with van der Waals surface area (Å²) in [6, 6.07) is 29.7. The van der Waals surface area contributed by atoms with Crippen LogP contribution in [-0.4, -0.2) is 50.9 Å². The Morgan fingerprint density at radius 1 is 0.804 bits per heavy atom. The van der Waals surface area contributed by atoms with Crippen molar-refractivity contribution in [2.24, 2.45) is 0 Å². The predicted molar refractivity (Wildman–Crippen MR) is 182 cm³/mol. The van der Waals surface area contributed by atoms with Gasteiger partial charge in [-0.2, -0.15) is 0 Å². The van der Waals surface area contributed by atoms with E-state index in [0.717, 1.165) is 33.0 Å². The second kappa shape index (κ2) is 16.1. The van der Waals surface area contributed by atoms with E-state index in [1.165, 1.54) is 17.0 Å². The van der Waals surface area contributed by atoms with Crippen LogP contribution in [0.2, 0.25) is 0 Å². The van der Waals surface area contributed by atoms with Crippen LogP contribution < -0.4 is 14.4 Å². The minimum atomic E-state index is -4.23. The molecule has 0 aliphatic rings. The lowest BCUT2D eigenvalue weighted by atomic mass is 10.0. The number of hydrogen-bond donors (Lipinski definition) is 1. The molecule has 46 heavy (non-hydrogen) atoms. The van der Waals surface area contributed by atoms with E-state index in [-0.39, 0.29) is 29.5 Å². The molecule has 1 N–H and O–H groups in total. The normalized spacial score (nSPS) is 11.8. The van der Waals surface area contributed by atoms with E-state index >= 15 is 0 Å². The fourth-order valence-corrected chi connectivity index (χ4v) is 6.64. The zero-order chi connectivity index (χ0) is 33.1. The first-order valence-electron chi connectivity index (χ1n) is 15.6. The van der Waals surface area contributed by atoms with E-state index in [9.17, 15) is 18.0 Å². The molecule has 0 saturated carbocycles. The first-order chi connectivity index (χ1) is 22.1. The van der Waals surface area contributed by atoms with Gasteiger partial charge in [0.25, 0.3) is 10.0 Å². The average Bonchev–Trinajstić information content (AvgIpc) is 3.05. The van der Waals surface area contributed by atoms with Gasteiger partial charge in [-0.1, -0.05) is 96.9 Å². The molecule has 0 radical (unpaired) electrons. The lowest BCUT2D eigenvalue weighted by Gasteiger charge is -2.34. The van der Waals surface area contributed by atoms with Gasteiger partial charge in [-0.3, -0.25) is 13.9 Å². The molecule has 0 saturated heterocycles. The number of sulfonamides is 1. The summed E-state index contributed by atoms with van der Waals surface area (Å²) in [7, 11) is -4.23. The van der Waals surface area contributed by atoms with Crippen LogP contribution >= 0.6 is 0 Å². The Hall–Kier alpha value is -4.63. The molecule has 0 spiro atoms. The number of carbonyl (C=O) groups is 2. The molecule has 0 heterocycles. The molecule has 4 aromatic carbocycles. The van der Waals surface area contributed by atoms with Gasteiger partial charge in [-0.15, -0.1) is 0 Å². The van der Waals surface area contributed by atoms with Crippen molar-refractivity contribution >= 4 is 27.5 Å². The van der Waals surface area contributed by atoms with Crippen LogP contribution in [0.4, 0.5) is 5.69 Å². The SMILES string of the molecule is CCCNC(=O)[C@@H](Cc1ccccc1)N(Cc1cccc(C)c1)C(=O)CN(c1ccccc1OCC)S(=O)(=O)c1ccc(C)cc1. The second-order valence-corrected chi connectivity index (χ2v) is 13.1. The van der Waals surface area contributed by atoms with Crippen molar-refractivity contribution < 1.29 is 22.7 Å². The number of nitrogens with one attached hydrogen (secondary N) is 1. The third-order valence-electron chi connectivity index (χ3n) is 7.58. The number of anilines is 1. The number of benzene rings is 4. The van der Waals surface area contributed by atoms with Crippen LogP contribution in [0.3, 0.4) is 0 Å². The van der Waals surface area contributed by atoms with Gasteiger partial charge in [0.15, 0.2) is 0 Å². The van der Waals surface area contributed by atoms with Crippen molar-refractivity contribution in [1.82, 2.24) is 10.2 Å². The van der Waals surface area contributed by atoms with Gasteiger partial charge in [-0.05, 0) is 62.6 Å². The predicted octanol–water partition coefficient (Wildman–Crippen LogP) is 6.06. The Morgan fingerprint density at radius 3 is 2.15 bits per heavy atom. The summed E-state index contributed by atoms with van der Waals surface area (Å²) in [5.41, 5.74) is 3.87. The molecule has 8 nitrogen and oxygen atoms in total. The Kier molecular flexibility index (Phi) is 12.0. The Labute approximate surface area is 273 Å². The van der Waals surface area contributed by atoms with Crippen molar-refractivity contribution in [2.45, 2.75) is 58.0 Å². The molecule has 242 valence electrons. The number of hydrogen-bond acceptors (Lipinski definition) is 5. The molecule has 0 unspecified atom stereocenters. The number of ether oxygens (including phenoxy) is 1. The average molecular weight is 642 g/mol. The largest absolute Gasteiger partial charge is 0.492 e. The van der Waals surface area contributed by atoms with E-state index in [4.69, 9.17) is 4.74 Å². The standard InChI is InChI=1S/C37H43N3O5S/c1-5-23-38-37(42)34(25-30-14-8-7-9-15-30)39(26-31-16-12-13-29(4)24-31)36(41)27-40(33-17-10-11-18-35(33)45-6-2)46(43,44)32-21-19-28(3)20-22-32/h7-22,24,34H,5-6,23,25-27H2,1-4H3,(H,38,42)/t34-/m1/s1. The topological polar surface area (TPSA) is 96.0 Å². The van der Waals surface area contributed by atoms with Gasteiger partial charge in [0, 0.05) is 19.5 Å². The van der Waals surface area contributed by atoms with Crippen LogP contribution in [0.15, 0.2) is 108 Å². The number of rotatable bonds is 15. The van der Waals surface area contributed by atoms with Crippen LogP contribution in [0, 0.1) is 13.8 Å². The third kappa shape index (κ3) is 8.75. The van der Waals surface area contributed by atoms with Gasteiger partial charge in [0.05, 0.1) is 17.2 Å². The van der Waals surface area contributed by atoms with Gasteiger partial charge in [0.2, 0.25) is 11.8 Å². The van der Waals surface area contributed by atoms with E-state index in [2.05, 4.69) is 5.32 Å². The van der Waals surface area contributed by atoms with Crippen LogP contribution in [0.1, 0.15) is 42.5 Å². The van der Waals surface area contributed by atoms with Crippen molar-refractivity contribution in [3.63, 3.8) is 0 Å². The third-order valence-corrected chi connectivity index (χ3v) is 9.35. The maximum absolute atomic E-state index is 14.6. The number of para-hydroxylation sites is 2. The molecule has 2 amide bonds. The zero-order valence-electron chi connectivity index (χ0n) is 27.0. The van der Waals surface area contributed by atoms with Crippen molar-refractivity contribution in [3.8, 4) is 5.75 Å². The fraction of sp³-hybridized carbons (Fsp3) is 0.297. The summed E-state index contributed by atoms with van der Waals surface area (Å²) in [6.07, 6.45) is 0.987. The second-order valence-electron chi connectivity index (χ2n) is 11.2. The molecule has 9 heteroatoms. The van der Waals surface area contributed by atoms with Crippen LogP contribution in [0.5, 0.6) is 5.75 Å². The smallest absolute Gasteiger partial charge is 0.264 e. The minimum absolute atomic E-state index is 0.0453. The quantitative estimate of drug-likeness (QED) is 0.170. The Bertz CT molecular complexity index is 1710. The lowest BCUT2D eigenvalue weighted by molar-refractivity contribution is -0.140. The molecular formula is C37H43N3O5S. The van der Waals surface area contributed by atoms with Gasteiger partial charge < -0.3 is 15.0 Å². The van der Waals surface area contributed by atoms with E-state index < -0.39 is 28.5 Å². The highest BCUT2D eigenvalue weighted by Crippen LogP contribution is 2.33.